The van der Waals surface area contributed by atoms with E-state index in [0.29, 0.717) is 5.82 Å². The molecule has 0 atom stereocenters. The lowest BCUT2D eigenvalue weighted by molar-refractivity contribution is 1.15. The number of aromatic nitrogens is 2. The predicted octanol–water partition coefficient (Wildman–Crippen LogP) is 5.10. The monoisotopic (exact) mass is 284 g/mol. The summed E-state index contributed by atoms with van der Waals surface area (Å²) in [6.45, 7) is 7.81. The van der Waals surface area contributed by atoms with Gasteiger partial charge in [-0.3, -0.25) is 0 Å². The number of hydrogen-bond donors (Lipinski definition) is 0. The van der Waals surface area contributed by atoms with Gasteiger partial charge in [-0.25, -0.2) is 9.97 Å². The van der Waals surface area contributed by atoms with Gasteiger partial charge in [0.2, 0.25) is 0 Å². The molecule has 2 nitrogen and oxygen atoms in total. The summed E-state index contributed by atoms with van der Waals surface area (Å²) in [5, 5.41) is 0. The van der Waals surface area contributed by atoms with Crippen LogP contribution < -0.4 is 0 Å². The van der Waals surface area contributed by atoms with Crippen LogP contribution in [0.2, 0.25) is 0 Å². The average Bonchev–Trinajstić information content (AvgIpc) is 2.62. The van der Waals surface area contributed by atoms with Crippen LogP contribution in [0.1, 0.15) is 11.4 Å². The quantitative estimate of drug-likeness (QED) is 0.666. The van der Waals surface area contributed by atoms with Crippen LogP contribution in [0.3, 0.4) is 0 Å². The zero-order valence-electron chi connectivity index (χ0n) is 12.2. The second-order valence-corrected chi connectivity index (χ2v) is 4.83. The van der Waals surface area contributed by atoms with Gasteiger partial charge in [0, 0.05) is 11.1 Å². The fraction of sp³-hybridized carbons (Fsp3) is 0. The third kappa shape index (κ3) is 2.59. The van der Waals surface area contributed by atoms with Gasteiger partial charge in [-0.2, -0.15) is 0 Å². The van der Waals surface area contributed by atoms with Crippen LogP contribution in [-0.2, 0) is 0 Å². The molecule has 0 aliphatic heterocycles. The van der Waals surface area contributed by atoms with Crippen molar-refractivity contribution in [3.05, 3.63) is 85.2 Å². The highest BCUT2D eigenvalue weighted by Gasteiger charge is 2.13. The van der Waals surface area contributed by atoms with Crippen LogP contribution in [0, 0.1) is 0 Å². The van der Waals surface area contributed by atoms with E-state index in [0.717, 1.165) is 28.1 Å². The Morgan fingerprint density at radius 2 is 1.09 bits per heavy atom. The summed E-state index contributed by atoms with van der Waals surface area (Å²) < 4.78 is 0. The standard InChI is InChI=1S/C20H16N2/c1-3-17-19(15-11-7-5-8-12-15)18(4-2)22-20(21-17)16-13-9-6-10-14-16/h3-14H,1-2H2. The Balaban J connectivity index is 2.24. The Labute approximate surface area is 130 Å². The van der Waals surface area contributed by atoms with Gasteiger partial charge < -0.3 is 0 Å². The molecule has 0 N–H and O–H groups in total. The minimum Gasteiger partial charge on any atom is -0.228 e. The minimum absolute atomic E-state index is 0.685. The second kappa shape index (κ2) is 6.19. The van der Waals surface area contributed by atoms with Crippen molar-refractivity contribution in [2.24, 2.45) is 0 Å². The van der Waals surface area contributed by atoms with E-state index >= 15 is 0 Å². The molecule has 2 aromatic carbocycles. The molecule has 0 aliphatic carbocycles. The third-order valence-electron chi connectivity index (χ3n) is 3.45. The first-order valence-corrected chi connectivity index (χ1v) is 7.11. The lowest BCUT2D eigenvalue weighted by Crippen LogP contribution is -1.99. The number of nitrogens with zero attached hydrogens (tertiary/aromatic N) is 2. The Morgan fingerprint density at radius 3 is 1.55 bits per heavy atom. The summed E-state index contributed by atoms with van der Waals surface area (Å²) in [6, 6.07) is 20.0. The predicted molar refractivity (Wildman–Crippen MR) is 93.1 cm³/mol. The van der Waals surface area contributed by atoms with Crippen LogP contribution in [0.25, 0.3) is 34.7 Å². The first-order valence-electron chi connectivity index (χ1n) is 7.11. The van der Waals surface area contributed by atoms with Crippen LogP contribution in [0.4, 0.5) is 0 Å². The van der Waals surface area contributed by atoms with Gasteiger partial charge in [-0.1, -0.05) is 73.8 Å². The van der Waals surface area contributed by atoms with Crippen molar-refractivity contribution in [3.63, 3.8) is 0 Å². The molecule has 0 saturated carbocycles. The summed E-state index contributed by atoms with van der Waals surface area (Å²) in [6.07, 6.45) is 3.53. The average molecular weight is 284 g/mol. The van der Waals surface area contributed by atoms with Crippen molar-refractivity contribution in [1.29, 1.82) is 0 Å². The first kappa shape index (κ1) is 14.0. The fourth-order valence-electron chi connectivity index (χ4n) is 2.41. The normalized spacial score (nSPS) is 10.2. The summed E-state index contributed by atoms with van der Waals surface area (Å²) in [7, 11) is 0. The largest absolute Gasteiger partial charge is 0.228 e. The molecule has 0 radical (unpaired) electrons. The van der Waals surface area contributed by atoms with Crippen LogP contribution in [0.5, 0.6) is 0 Å². The molecular formula is C20H16N2. The van der Waals surface area contributed by atoms with E-state index in [9.17, 15) is 0 Å². The zero-order chi connectivity index (χ0) is 15.4. The van der Waals surface area contributed by atoms with Crippen molar-refractivity contribution < 1.29 is 0 Å². The van der Waals surface area contributed by atoms with Crippen LogP contribution >= 0.6 is 0 Å². The van der Waals surface area contributed by atoms with Gasteiger partial charge in [0.15, 0.2) is 5.82 Å². The molecule has 2 heteroatoms. The molecule has 0 fully saturated rings. The molecular weight excluding hydrogens is 268 g/mol. The molecule has 3 aromatic rings. The van der Waals surface area contributed by atoms with Crippen molar-refractivity contribution in [2.75, 3.05) is 0 Å². The van der Waals surface area contributed by atoms with Crippen molar-refractivity contribution in [1.82, 2.24) is 9.97 Å². The number of hydrogen-bond acceptors (Lipinski definition) is 2. The zero-order valence-corrected chi connectivity index (χ0v) is 12.2. The first-order chi connectivity index (χ1) is 10.8. The van der Waals surface area contributed by atoms with Crippen molar-refractivity contribution in [3.8, 4) is 22.5 Å². The topological polar surface area (TPSA) is 25.8 Å². The Bertz CT molecular complexity index is 777. The molecule has 0 saturated heterocycles. The van der Waals surface area contributed by atoms with Gasteiger partial charge in [-0.15, -0.1) is 0 Å². The third-order valence-corrected chi connectivity index (χ3v) is 3.45. The molecule has 106 valence electrons. The minimum atomic E-state index is 0.685. The van der Waals surface area contributed by atoms with Crippen LogP contribution in [-0.4, -0.2) is 9.97 Å². The van der Waals surface area contributed by atoms with Gasteiger partial charge in [-0.05, 0) is 17.7 Å². The lowest BCUT2D eigenvalue weighted by atomic mass is 10.0. The molecule has 3 rings (SSSR count). The Hall–Kier alpha value is -3.00. The maximum Gasteiger partial charge on any atom is 0.160 e. The maximum atomic E-state index is 4.67. The van der Waals surface area contributed by atoms with E-state index in [1.165, 1.54) is 0 Å². The molecule has 0 unspecified atom stereocenters. The van der Waals surface area contributed by atoms with E-state index < -0.39 is 0 Å². The fourth-order valence-corrected chi connectivity index (χ4v) is 2.41. The van der Waals surface area contributed by atoms with E-state index in [2.05, 4.69) is 23.1 Å². The van der Waals surface area contributed by atoms with E-state index in [4.69, 9.17) is 0 Å². The van der Waals surface area contributed by atoms with Gasteiger partial charge in [0.1, 0.15) is 0 Å². The maximum absolute atomic E-state index is 4.67. The molecule has 0 amide bonds. The summed E-state index contributed by atoms with van der Waals surface area (Å²) in [5.41, 5.74) is 4.63. The number of rotatable bonds is 4. The highest BCUT2D eigenvalue weighted by molar-refractivity contribution is 5.80. The number of benzene rings is 2. The molecule has 1 heterocycles. The smallest absolute Gasteiger partial charge is 0.160 e. The molecule has 0 aliphatic rings. The van der Waals surface area contributed by atoms with E-state index in [-0.39, 0.29) is 0 Å². The van der Waals surface area contributed by atoms with Crippen LogP contribution in [0.15, 0.2) is 73.8 Å². The SMILES string of the molecule is C=Cc1nc(-c2ccccc2)nc(C=C)c1-c1ccccc1. The highest BCUT2D eigenvalue weighted by atomic mass is 14.9. The summed E-state index contributed by atoms with van der Waals surface area (Å²) in [4.78, 5) is 9.34. The van der Waals surface area contributed by atoms with Gasteiger partial charge in [0.05, 0.1) is 11.4 Å². The molecule has 0 bridgehead atoms. The van der Waals surface area contributed by atoms with E-state index in [1.54, 1.807) is 12.2 Å². The summed E-state index contributed by atoms with van der Waals surface area (Å²) in [5.74, 6) is 0.685. The van der Waals surface area contributed by atoms with E-state index in [1.807, 2.05) is 60.7 Å². The lowest BCUT2D eigenvalue weighted by Gasteiger charge is -2.12. The second-order valence-electron chi connectivity index (χ2n) is 4.83. The molecule has 0 spiro atoms. The Kier molecular flexibility index (Phi) is 3.92. The van der Waals surface area contributed by atoms with Gasteiger partial charge >= 0.3 is 0 Å². The Morgan fingerprint density at radius 1 is 0.636 bits per heavy atom. The highest BCUT2D eigenvalue weighted by Crippen LogP contribution is 2.29. The summed E-state index contributed by atoms with van der Waals surface area (Å²) >= 11 is 0. The molecule has 1 aromatic heterocycles. The van der Waals surface area contributed by atoms with Gasteiger partial charge in [0.25, 0.3) is 0 Å². The van der Waals surface area contributed by atoms with Crippen molar-refractivity contribution in [2.45, 2.75) is 0 Å². The molecule has 22 heavy (non-hydrogen) atoms. The van der Waals surface area contributed by atoms with Crippen molar-refractivity contribution >= 4 is 12.2 Å².